The number of hydrogen-bond acceptors (Lipinski definition) is 3. The molecule has 0 bridgehead atoms. The van der Waals surface area contributed by atoms with E-state index in [0.29, 0.717) is 0 Å². The topological polar surface area (TPSA) is 39.1 Å². The normalized spacial score (nSPS) is 15.4. The summed E-state index contributed by atoms with van der Waals surface area (Å²) < 4.78 is 8.15. The number of aromatic nitrogens is 2. The molecule has 0 aromatic carbocycles. The lowest BCUT2D eigenvalue weighted by Crippen LogP contribution is -2.26. The van der Waals surface area contributed by atoms with E-state index in [0.717, 1.165) is 45.7 Å². The highest BCUT2D eigenvalue weighted by Gasteiger charge is 2.26. The number of rotatable bonds is 6. The monoisotopic (exact) mass is 279 g/mol. The average Bonchev–Trinajstić information content (AvgIpc) is 2.78. The third-order valence-electron chi connectivity index (χ3n) is 3.76. The van der Waals surface area contributed by atoms with Crippen LogP contribution in [-0.2, 0) is 29.7 Å². The van der Waals surface area contributed by atoms with Crippen LogP contribution in [0.1, 0.15) is 57.7 Å². The highest BCUT2D eigenvalue weighted by molar-refractivity contribution is 5.23. The van der Waals surface area contributed by atoms with Gasteiger partial charge in [-0.2, -0.15) is 0 Å². The van der Waals surface area contributed by atoms with Crippen molar-refractivity contribution in [2.24, 2.45) is 0 Å². The summed E-state index contributed by atoms with van der Waals surface area (Å²) in [6.45, 7) is 13.5. The molecule has 4 nitrogen and oxygen atoms in total. The van der Waals surface area contributed by atoms with Crippen LogP contribution in [0.4, 0.5) is 0 Å². The van der Waals surface area contributed by atoms with Crippen LogP contribution in [-0.4, -0.2) is 29.3 Å². The van der Waals surface area contributed by atoms with Gasteiger partial charge in [0.25, 0.3) is 0 Å². The molecule has 0 amide bonds. The van der Waals surface area contributed by atoms with Gasteiger partial charge in [-0.25, -0.2) is 4.98 Å². The van der Waals surface area contributed by atoms with Crippen molar-refractivity contribution >= 4 is 0 Å². The molecule has 0 saturated carbocycles. The lowest BCUT2D eigenvalue weighted by molar-refractivity contribution is 0.121. The predicted molar refractivity (Wildman–Crippen MR) is 82.1 cm³/mol. The fraction of sp³-hybridized carbons (Fsp3) is 0.812. The van der Waals surface area contributed by atoms with E-state index >= 15 is 0 Å². The molecule has 0 saturated heterocycles. The summed E-state index contributed by atoms with van der Waals surface area (Å²) in [5.74, 6) is 1.20. The molecule has 0 atom stereocenters. The second-order valence-electron chi connectivity index (χ2n) is 6.62. The van der Waals surface area contributed by atoms with Gasteiger partial charge in [0, 0.05) is 43.8 Å². The Kier molecular flexibility index (Phi) is 5.22. The molecule has 1 aromatic heterocycles. The van der Waals surface area contributed by atoms with Crippen LogP contribution in [0, 0.1) is 0 Å². The molecule has 114 valence electrons. The minimum absolute atomic E-state index is 0.0841. The Hall–Kier alpha value is -0.870. The van der Waals surface area contributed by atoms with Crippen molar-refractivity contribution in [1.29, 1.82) is 0 Å². The summed E-state index contributed by atoms with van der Waals surface area (Å²) in [4.78, 5) is 4.88. The lowest BCUT2D eigenvalue weighted by Gasteiger charge is -2.22. The lowest BCUT2D eigenvalue weighted by atomic mass is 9.95. The van der Waals surface area contributed by atoms with Gasteiger partial charge < -0.3 is 14.6 Å². The molecule has 1 aliphatic rings. The first-order valence-corrected chi connectivity index (χ1v) is 7.91. The molecule has 4 heteroatoms. The number of unbranched alkanes of at least 4 members (excludes halogenated alkanes) is 1. The van der Waals surface area contributed by atoms with Crippen molar-refractivity contribution in [3.63, 3.8) is 0 Å². The molecule has 0 aliphatic carbocycles. The Bertz CT molecular complexity index is 432. The van der Waals surface area contributed by atoms with Crippen molar-refractivity contribution in [3.8, 4) is 0 Å². The number of hydrogen-bond donors (Lipinski definition) is 1. The van der Waals surface area contributed by atoms with Gasteiger partial charge in [-0.1, -0.05) is 34.1 Å². The second kappa shape index (κ2) is 6.72. The number of nitrogens with one attached hydrogen (secondary N) is 1. The molecule has 2 rings (SSSR count). The Morgan fingerprint density at radius 3 is 2.80 bits per heavy atom. The standard InChI is InChI=1S/C16H29N3O/c1-5-6-10-20-11-9-19-14-7-8-17-12-13(14)18-15(19)16(2,3)4/h17H,5-12H2,1-4H3. The summed E-state index contributed by atoms with van der Waals surface area (Å²) in [5, 5.41) is 3.41. The summed E-state index contributed by atoms with van der Waals surface area (Å²) in [5.41, 5.74) is 2.73. The molecule has 1 aliphatic heterocycles. The molecule has 0 spiro atoms. The number of nitrogens with zero attached hydrogens (tertiary/aromatic N) is 2. The zero-order valence-electron chi connectivity index (χ0n) is 13.5. The molecule has 1 aromatic rings. The van der Waals surface area contributed by atoms with Gasteiger partial charge in [0.15, 0.2) is 0 Å². The van der Waals surface area contributed by atoms with Crippen molar-refractivity contribution in [1.82, 2.24) is 14.9 Å². The Labute approximate surface area is 122 Å². The maximum atomic E-state index is 5.74. The maximum absolute atomic E-state index is 5.74. The first kappa shape index (κ1) is 15.5. The molecule has 0 unspecified atom stereocenters. The first-order valence-electron chi connectivity index (χ1n) is 7.91. The van der Waals surface area contributed by atoms with Crippen LogP contribution >= 0.6 is 0 Å². The van der Waals surface area contributed by atoms with Gasteiger partial charge in [-0.15, -0.1) is 0 Å². The minimum atomic E-state index is 0.0841. The van der Waals surface area contributed by atoms with Gasteiger partial charge >= 0.3 is 0 Å². The third kappa shape index (κ3) is 3.61. The Morgan fingerprint density at radius 2 is 2.10 bits per heavy atom. The molecular formula is C16H29N3O. The zero-order chi connectivity index (χ0) is 14.6. The summed E-state index contributed by atoms with van der Waals surface area (Å²) in [6.07, 6.45) is 3.42. The second-order valence-corrected chi connectivity index (χ2v) is 6.62. The molecule has 2 heterocycles. The molecule has 0 radical (unpaired) electrons. The predicted octanol–water partition coefficient (Wildman–Crippen LogP) is 2.64. The van der Waals surface area contributed by atoms with E-state index in [2.05, 4.69) is 37.6 Å². The largest absolute Gasteiger partial charge is 0.380 e. The summed E-state index contributed by atoms with van der Waals surface area (Å²) >= 11 is 0. The average molecular weight is 279 g/mol. The van der Waals surface area contributed by atoms with Crippen LogP contribution in [0.5, 0.6) is 0 Å². The molecular weight excluding hydrogens is 250 g/mol. The smallest absolute Gasteiger partial charge is 0.114 e. The summed E-state index contributed by atoms with van der Waals surface area (Å²) in [6, 6.07) is 0. The fourth-order valence-corrected chi connectivity index (χ4v) is 2.69. The quantitative estimate of drug-likeness (QED) is 0.814. The van der Waals surface area contributed by atoms with Crippen LogP contribution in [0.25, 0.3) is 0 Å². The van der Waals surface area contributed by atoms with Crippen LogP contribution in [0.15, 0.2) is 0 Å². The fourth-order valence-electron chi connectivity index (χ4n) is 2.69. The van der Waals surface area contributed by atoms with E-state index in [-0.39, 0.29) is 5.41 Å². The number of ether oxygens (including phenoxy) is 1. The first-order chi connectivity index (χ1) is 9.54. The van der Waals surface area contributed by atoms with Crippen LogP contribution < -0.4 is 5.32 Å². The Morgan fingerprint density at radius 1 is 1.30 bits per heavy atom. The summed E-state index contributed by atoms with van der Waals surface area (Å²) in [7, 11) is 0. The van der Waals surface area contributed by atoms with Crippen molar-refractivity contribution in [3.05, 3.63) is 17.2 Å². The number of fused-ring (bicyclic) bond motifs is 1. The van der Waals surface area contributed by atoms with Gasteiger partial charge in [-0.3, -0.25) is 0 Å². The van der Waals surface area contributed by atoms with Crippen molar-refractivity contribution < 1.29 is 4.74 Å². The molecule has 1 N–H and O–H groups in total. The van der Waals surface area contributed by atoms with E-state index in [1.165, 1.54) is 23.6 Å². The maximum Gasteiger partial charge on any atom is 0.114 e. The molecule has 20 heavy (non-hydrogen) atoms. The third-order valence-corrected chi connectivity index (χ3v) is 3.76. The zero-order valence-corrected chi connectivity index (χ0v) is 13.5. The van der Waals surface area contributed by atoms with E-state index < -0.39 is 0 Å². The minimum Gasteiger partial charge on any atom is -0.380 e. The van der Waals surface area contributed by atoms with Crippen LogP contribution in [0.3, 0.4) is 0 Å². The van der Waals surface area contributed by atoms with Crippen LogP contribution in [0.2, 0.25) is 0 Å². The highest BCUT2D eigenvalue weighted by Crippen LogP contribution is 2.26. The number of imidazole rings is 1. The molecule has 0 fully saturated rings. The Balaban J connectivity index is 2.10. The van der Waals surface area contributed by atoms with E-state index in [4.69, 9.17) is 9.72 Å². The van der Waals surface area contributed by atoms with E-state index in [1.807, 2.05) is 0 Å². The highest BCUT2D eigenvalue weighted by atomic mass is 16.5. The van der Waals surface area contributed by atoms with E-state index in [9.17, 15) is 0 Å². The van der Waals surface area contributed by atoms with Gasteiger partial charge in [0.2, 0.25) is 0 Å². The van der Waals surface area contributed by atoms with Gasteiger partial charge in [0.1, 0.15) is 5.82 Å². The van der Waals surface area contributed by atoms with E-state index in [1.54, 1.807) is 0 Å². The van der Waals surface area contributed by atoms with Gasteiger partial charge in [0.05, 0.1) is 12.3 Å². The van der Waals surface area contributed by atoms with Gasteiger partial charge in [-0.05, 0) is 6.42 Å². The van der Waals surface area contributed by atoms with Crippen molar-refractivity contribution in [2.45, 2.75) is 65.5 Å². The SMILES string of the molecule is CCCCOCCn1c(C(C)(C)C)nc2c1CCNC2. The van der Waals surface area contributed by atoms with Crippen molar-refractivity contribution in [2.75, 3.05) is 19.8 Å².